The molecule has 0 aromatic carbocycles. The average Bonchev–Trinajstić information content (AvgIpc) is 3.15. The van der Waals surface area contributed by atoms with Gasteiger partial charge in [-0.25, -0.2) is 0 Å². The monoisotopic (exact) mass is 226 g/mol. The molecule has 0 radical (unpaired) electrons. The summed E-state index contributed by atoms with van der Waals surface area (Å²) in [5.74, 6) is 7.22. The van der Waals surface area contributed by atoms with Crippen LogP contribution in [0.2, 0.25) is 0 Å². The molecule has 0 aromatic rings. The van der Waals surface area contributed by atoms with E-state index in [4.69, 9.17) is 10.6 Å². The van der Waals surface area contributed by atoms with Crippen molar-refractivity contribution in [1.82, 2.24) is 5.43 Å². The zero-order chi connectivity index (χ0) is 11.4. The van der Waals surface area contributed by atoms with Crippen LogP contribution in [0.1, 0.15) is 51.9 Å². The molecule has 94 valence electrons. The Kier molecular flexibility index (Phi) is 4.62. The van der Waals surface area contributed by atoms with E-state index in [1.807, 2.05) is 0 Å². The third-order valence-electron chi connectivity index (χ3n) is 4.15. The number of hydrogen-bond donors (Lipinski definition) is 2. The van der Waals surface area contributed by atoms with Crippen molar-refractivity contribution in [2.75, 3.05) is 6.61 Å². The van der Waals surface area contributed by atoms with Crippen LogP contribution in [0.15, 0.2) is 0 Å². The lowest BCUT2D eigenvalue weighted by atomic mass is 9.81. The van der Waals surface area contributed by atoms with Crippen LogP contribution in [0.5, 0.6) is 0 Å². The van der Waals surface area contributed by atoms with Gasteiger partial charge in [-0.2, -0.15) is 0 Å². The van der Waals surface area contributed by atoms with Crippen LogP contribution in [-0.4, -0.2) is 18.8 Å². The molecule has 2 saturated carbocycles. The van der Waals surface area contributed by atoms with Crippen LogP contribution in [0.25, 0.3) is 0 Å². The van der Waals surface area contributed by atoms with Gasteiger partial charge in [0.15, 0.2) is 0 Å². The fourth-order valence-electron chi connectivity index (χ4n) is 3.14. The van der Waals surface area contributed by atoms with Crippen molar-refractivity contribution < 1.29 is 4.74 Å². The van der Waals surface area contributed by atoms with E-state index >= 15 is 0 Å². The van der Waals surface area contributed by atoms with Gasteiger partial charge in [-0.1, -0.05) is 19.3 Å². The Morgan fingerprint density at radius 2 is 1.81 bits per heavy atom. The smallest absolute Gasteiger partial charge is 0.0772 e. The summed E-state index contributed by atoms with van der Waals surface area (Å²) in [6, 6.07) is 0.392. The van der Waals surface area contributed by atoms with Crippen LogP contribution in [0, 0.1) is 11.8 Å². The van der Waals surface area contributed by atoms with E-state index in [0.717, 1.165) is 18.4 Å². The van der Waals surface area contributed by atoms with Gasteiger partial charge in [0, 0.05) is 6.61 Å². The summed E-state index contributed by atoms with van der Waals surface area (Å²) in [5, 5.41) is 0. The number of hydrazine groups is 1. The second-order valence-corrected chi connectivity index (χ2v) is 5.35. The Labute approximate surface area is 99.1 Å². The van der Waals surface area contributed by atoms with Gasteiger partial charge in [0.2, 0.25) is 0 Å². The molecule has 0 heterocycles. The molecule has 3 heteroatoms. The molecule has 2 fully saturated rings. The van der Waals surface area contributed by atoms with Gasteiger partial charge in [0.25, 0.3) is 0 Å². The maximum atomic E-state index is 5.99. The predicted molar refractivity (Wildman–Crippen MR) is 65.8 cm³/mol. The van der Waals surface area contributed by atoms with E-state index in [2.05, 4.69) is 12.3 Å². The fraction of sp³-hybridized carbons (Fsp3) is 1.00. The summed E-state index contributed by atoms with van der Waals surface area (Å²) in [6.45, 7) is 2.91. The molecule has 16 heavy (non-hydrogen) atoms. The van der Waals surface area contributed by atoms with Crippen molar-refractivity contribution in [3.63, 3.8) is 0 Å². The maximum Gasteiger partial charge on any atom is 0.0772 e. The standard InChI is InChI=1S/C13H26N2O/c1-2-16-13(11-6-4-3-5-7-11)12(15-14)10-8-9-10/h10-13,15H,2-9,14H2,1H3. The van der Waals surface area contributed by atoms with Gasteiger partial charge in [-0.3, -0.25) is 11.3 Å². The first-order chi connectivity index (χ1) is 7.86. The lowest BCUT2D eigenvalue weighted by Gasteiger charge is -2.35. The topological polar surface area (TPSA) is 47.3 Å². The maximum absolute atomic E-state index is 5.99. The number of hydrogen-bond acceptors (Lipinski definition) is 3. The number of ether oxygens (including phenoxy) is 1. The molecule has 0 saturated heterocycles. The summed E-state index contributed by atoms with van der Waals surface area (Å²) < 4.78 is 5.99. The third kappa shape index (κ3) is 2.96. The molecular formula is C13H26N2O. The molecule has 2 rings (SSSR count). The Morgan fingerprint density at radius 1 is 1.12 bits per heavy atom. The minimum absolute atomic E-state index is 0.350. The molecule has 0 aliphatic heterocycles. The largest absolute Gasteiger partial charge is 0.377 e. The SMILES string of the molecule is CCOC(C1CCCCC1)C(NN)C1CC1. The zero-order valence-electron chi connectivity index (χ0n) is 10.5. The van der Waals surface area contributed by atoms with E-state index in [1.165, 1.54) is 44.9 Å². The molecule has 2 aliphatic carbocycles. The Morgan fingerprint density at radius 3 is 2.31 bits per heavy atom. The molecule has 2 aliphatic rings. The first-order valence-electron chi connectivity index (χ1n) is 6.94. The highest BCUT2D eigenvalue weighted by Crippen LogP contribution is 2.39. The van der Waals surface area contributed by atoms with Crippen molar-refractivity contribution in [1.29, 1.82) is 0 Å². The zero-order valence-corrected chi connectivity index (χ0v) is 10.5. The lowest BCUT2D eigenvalue weighted by Crippen LogP contribution is -2.50. The van der Waals surface area contributed by atoms with Gasteiger partial charge in [0.1, 0.15) is 0 Å². The first kappa shape index (κ1) is 12.3. The molecule has 0 amide bonds. The summed E-state index contributed by atoms with van der Waals surface area (Å²) in [4.78, 5) is 0. The van der Waals surface area contributed by atoms with Gasteiger partial charge in [-0.15, -0.1) is 0 Å². The van der Waals surface area contributed by atoms with Gasteiger partial charge >= 0.3 is 0 Å². The molecular weight excluding hydrogens is 200 g/mol. The highest BCUT2D eigenvalue weighted by atomic mass is 16.5. The number of nitrogens with one attached hydrogen (secondary N) is 1. The van der Waals surface area contributed by atoms with Gasteiger partial charge < -0.3 is 4.74 Å². The molecule has 0 aromatic heterocycles. The van der Waals surface area contributed by atoms with Crippen molar-refractivity contribution in [2.24, 2.45) is 17.7 Å². The molecule has 0 spiro atoms. The fourth-order valence-corrected chi connectivity index (χ4v) is 3.14. The van der Waals surface area contributed by atoms with E-state index < -0.39 is 0 Å². The lowest BCUT2D eigenvalue weighted by molar-refractivity contribution is -0.0225. The quantitative estimate of drug-likeness (QED) is 0.539. The summed E-state index contributed by atoms with van der Waals surface area (Å²) in [5.41, 5.74) is 3.02. The Hall–Kier alpha value is -0.120. The Balaban J connectivity index is 1.95. The van der Waals surface area contributed by atoms with Crippen molar-refractivity contribution in [3.05, 3.63) is 0 Å². The van der Waals surface area contributed by atoms with Crippen molar-refractivity contribution >= 4 is 0 Å². The summed E-state index contributed by atoms with van der Waals surface area (Å²) >= 11 is 0. The van der Waals surface area contributed by atoms with E-state index in [1.54, 1.807) is 0 Å². The predicted octanol–water partition coefficient (Wildman–Crippen LogP) is 2.21. The van der Waals surface area contributed by atoms with Crippen LogP contribution in [0.3, 0.4) is 0 Å². The molecule has 3 N–H and O–H groups in total. The number of nitrogens with two attached hydrogens (primary N) is 1. The first-order valence-corrected chi connectivity index (χ1v) is 6.94. The van der Waals surface area contributed by atoms with Gasteiger partial charge in [0.05, 0.1) is 12.1 Å². The van der Waals surface area contributed by atoms with Crippen LogP contribution >= 0.6 is 0 Å². The number of rotatable bonds is 6. The van der Waals surface area contributed by atoms with Crippen LogP contribution in [-0.2, 0) is 4.74 Å². The van der Waals surface area contributed by atoms with E-state index in [0.29, 0.717) is 12.1 Å². The minimum atomic E-state index is 0.350. The van der Waals surface area contributed by atoms with E-state index in [-0.39, 0.29) is 0 Å². The van der Waals surface area contributed by atoms with Crippen LogP contribution < -0.4 is 11.3 Å². The summed E-state index contributed by atoms with van der Waals surface area (Å²) in [6.07, 6.45) is 9.80. The van der Waals surface area contributed by atoms with Gasteiger partial charge in [-0.05, 0) is 44.4 Å². The highest BCUT2D eigenvalue weighted by Gasteiger charge is 2.40. The molecule has 2 atom stereocenters. The summed E-state index contributed by atoms with van der Waals surface area (Å²) in [7, 11) is 0. The molecule has 2 unspecified atom stereocenters. The van der Waals surface area contributed by atoms with Crippen molar-refractivity contribution in [3.8, 4) is 0 Å². The van der Waals surface area contributed by atoms with E-state index in [9.17, 15) is 0 Å². The highest BCUT2D eigenvalue weighted by molar-refractivity contribution is 4.93. The average molecular weight is 226 g/mol. The molecule has 0 bridgehead atoms. The van der Waals surface area contributed by atoms with Crippen LogP contribution in [0.4, 0.5) is 0 Å². The molecule has 3 nitrogen and oxygen atoms in total. The second kappa shape index (κ2) is 5.99. The second-order valence-electron chi connectivity index (χ2n) is 5.35. The van der Waals surface area contributed by atoms with Crippen molar-refractivity contribution in [2.45, 2.75) is 64.0 Å². The normalized spacial score (nSPS) is 26.6. The Bertz CT molecular complexity index is 200. The minimum Gasteiger partial charge on any atom is -0.377 e. The third-order valence-corrected chi connectivity index (χ3v) is 4.15.